The van der Waals surface area contributed by atoms with Gasteiger partial charge in [-0.05, 0) is 30.3 Å². The zero-order valence-electron chi connectivity index (χ0n) is 10.0. The van der Waals surface area contributed by atoms with Crippen molar-refractivity contribution in [3.63, 3.8) is 0 Å². The van der Waals surface area contributed by atoms with Crippen molar-refractivity contribution in [2.75, 3.05) is 23.9 Å². The fourth-order valence-electron chi connectivity index (χ4n) is 1.59. The van der Waals surface area contributed by atoms with Crippen LogP contribution >= 0.6 is 12.4 Å². The van der Waals surface area contributed by atoms with Crippen molar-refractivity contribution >= 4 is 35.2 Å². The highest BCUT2D eigenvalue weighted by Crippen LogP contribution is 2.30. The van der Waals surface area contributed by atoms with Crippen LogP contribution in [0.15, 0.2) is 42.5 Å². The summed E-state index contributed by atoms with van der Waals surface area (Å²) in [6.45, 7) is 0. The van der Waals surface area contributed by atoms with Crippen LogP contribution in [0.5, 0.6) is 5.75 Å². The number of nitrogen functional groups attached to an aromatic ring is 2. The second kappa shape index (κ2) is 6.02. The van der Waals surface area contributed by atoms with E-state index in [-0.39, 0.29) is 12.4 Å². The molecule has 0 atom stereocenters. The van der Waals surface area contributed by atoms with Crippen molar-refractivity contribution in [2.45, 2.75) is 0 Å². The van der Waals surface area contributed by atoms with E-state index in [2.05, 4.69) is 5.32 Å². The largest absolute Gasteiger partial charge is 0.495 e. The summed E-state index contributed by atoms with van der Waals surface area (Å²) in [5, 5.41) is 3.21. The first kappa shape index (κ1) is 14.0. The average Bonchev–Trinajstić information content (AvgIpc) is 2.33. The van der Waals surface area contributed by atoms with E-state index in [0.29, 0.717) is 11.4 Å². The molecule has 0 heterocycles. The lowest BCUT2D eigenvalue weighted by Gasteiger charge is -2.12. The number of rotatable bonds is 3. The molecule has 0 amide bonds. The molecule has 2 rings (SSSR count). The molecule has 2 aromatic carbocycles. The van der Waals surface area contributed by atoms with E-state index in [0.717, 1.165) is 17.1 Å². The van der Waals surface area contributed by atoms with E-state index in [1.165, 1.54) is 0 Å². The van der Waals surface area contributed by atoms with Crippen LogP contribution in [0, 0.1) is 0 Å². The van der Waals surface area contributed by atoms with E-state index in [4.69, 9.17) is 16.2 Å². The van der Waals surface area contributed by atoms with Gasteiger partial charge in [-0.25, -0.2) is 0 Å². The number of para-hydroxylation sites is 2. The topological polar surface area (TPSA) is 73.3 Å². The van der Waals surface area contributed by atoms with Gasteiger partial charge in [-0.1, -0.05) is 12.1 Å². The van der Waals surface area contributed by atoms with Gasteiger partial charge in [-0.15, -0.1) is 12.4 Å². The first-order valence-electron chi connectivity index (χ1n) is 5.26. The Kier molecular flexibility index (Phi) is 4.68. The number of nitrogens with one attached hydrogen (secondary N) is 1. The van der Waals surface area contributed by atoms with Crippen molar-refractivity contribution in [1.29, 1.82) is 0 Å². The normalized spacial score (nSPS) is 9.39. The Morgan fingerprint density at radius 2 is 1.72 bits per heavy atom. The predicted octanol–water partition coefficient (Wildman–Crippen LogP) is 3.02. The fourth-order valence-corrected chi connectivity index (χ4v) is 1.59. The molecule has 0 unspecified atom stereocenters. The van der Waals surface area contributed by atoms with Crippen molar-refractivity contribution < 1.29 is 4.74 Å². The predicted molar refractivity (Wildman–Crippen MR) is 78.8 cm³/mol. The number of methoxy groups -OCH3 is 1. The number of halogens is 1. The molecule has 0 bridgehead atoms. The molecule has 0 saturated heterocycles. The Bertz CT molecular complexity index is 531. The number of anilines is 4. The monoisotopic (exact) mass is 265 g/mol. The van der Waals surface area contributed by atoms with Crippen LogP contribution in [0.4, 0.5) is 22.7 Å². The van der Waals surface area contributed by atoms with Gasteiger partial charge in [0.1, 0.15) is 5.75 Å². The minimum absolute atomic E-state index is 0. The molecule has 18 heavy (non-hydrogen) atoms. The van der Waals surface area contributed by atoms with Crippen molar-refractivity contribution in [3.8, 4) is 5.75 Å². The third-order valence-electron chi connectivity index (χ3n) is 2.45. The van der Waals surface area contributed by atoms with Gasteiger partial charge < -0.3 is 21.5 Å². The Morgan fingerprint density at radius 1 is 1.00 bits per heavy atom. The number of nitrogens with two attached hydrogens (primary N) is 2. The third kappa shape index (κ3) is 2.99. The lowest BCUT2D eigenvalue weighted by atomic mass is 10.2. The Hall–Kier alpha value is -2.07. The van der Waals surface area contributed by atoms with Crippen molar-refractivity contribution in [2.24, 2.45) is 0 Å². The molecule has 0 radical (unpaired) electrons. The van der Waals surface area contributed by atoms with Gasteiger partial charge >= 0.3 is 0 Å². The Balaban J connectivity index is 0.00000162. The van der Waals surface area contributed by atoms with E-state index >= 15 is 0 Å². The minimum Gasteiger partial charge on any atom is -0.495 e. The standard InChI is InChI=1S/C13H15N3O.ClH/c1-17-13-5-3-2-4-12(13)16-11-7-6-9(14)8-10(11)15;/h2-8,16H,14-15H2,1H3;1H. The highest BCUT2D eigenvalue weighted by Gasteiger charge is 2.04. The lowest BCUT2D eigenvalue weighted by molar-refractivity contribution is 0.417. The van der Waals surface area contributed by atoms with Gasteiger partial charge in [0.25, 0.3) is 0 Å². The van der Waals surface area contributed by atoms with Crippen LogP contribution in [-0.4, -0.2) is 7.11 Å². The Morgan fingerprint density at radius 3 is 2.39 bits per heavy atom. The molecule has 0 aliphatic heterocycles. The second-order valence-corrected chi connectivity index (χ2v) is 3.67. The van der Waals surface area contributed by atoms with E-state index in [9.17, 15) is 0 Å². The average molecular weight is 266 g/mol. The van der Waals surface area contributed by atoms with Gasteiger partial charge in [0.05, 0.1) is 24.2 Å². The number of benzene rings is 2. The molecule has 96 valence electrons. The van der Waals surface area contributed by atoms with Gasteiger partial charge in [-0.2, -0.15) is 0 Å². The quantitative estimate of drug-likeness (QED) is 0.746. The molecule has 2 aromatic rings. The molecule has 5 N–H and O–H groups in total. The molecule has 0 aliphatic carbocycles. The molecule has 0 aliphatic rings. The van der Waals surface area contributed by atoms with Crippen LogP contribution in [0.25, 0.3) is 0 Å². The minimum atomic E-state index is 0. The van der Waals surface area contributed by atoms with Crippen LogP contribution in [-0.2, 0) is 0 Å². The molecule has 4 nitrogen and oxygen atoms in total. The summed E-state index contributed by atoms with van der Waals surface area (Å²) in [6, 6.07) is 13.0. The number of ether oxygens (including phenoxy) is 1. The molecule has 0 spiro atoms. The van der Waals surface area contributed by atoms with Crippen LogP contribution in [0.1, 0.15) is 0 Å². The number of hydrogen-bond acceptors (Lipinski definition) is 4. The van der Waals surface area contributed by atoms with Crippen molar-refractivity contribution in [1.82, 2.24) is 0 Å². The maximum Gasteiger partial charge on any atom is 0.142 e. The van der Waals surface area contributed by atoms with Gasteiger partial charge in [-0.3, -0.25) is 0 Å². The van der Waals surface area contributed by atoms with E-state index < -0.39 is 0 Å². The summed E-state index contributed by atoms with van der Waals surface area (Å²) in [6.07, 6.45) is 0. The van der Waals surface area contributed by atoms with Crippen LogP contribution in [0.2, 0.25) is 0 Å². The second-order valence-electron chi connectivity index (χ2n) is 3.67. The van der Waals surface area contributed by atoms with Crippen LogP contribution < -0.4 is 21.5 Å². The summed E-state index contributed by atoms with van der Waals surface area (Å²) in [7, 11) is 1.63. The SMILES string of the molecule is COc1ccccc1Nc1ccc(N)cc1N.Cl. The van der Waals surface area contributed by atoms with E-state index in [1.54, 1.807) is 19.2 Å². The number of hydrogen-bond donors (Lipinski definition) is 3. The summed E-state index contributed by atoms with van der Waals surface area (Å²) in [4.78, 5) is 0. The summed E-state index contributed by atoms with van der Waals surface area (Å²) in [5.74, 6) is 0.767. The zero-order valence-corrected chi connectivity index (χ0v) is 10.8. The fraction of sp³-hybridized carbons (Fsp3) is 0.0769. The molecule has 0 fully saturated rings. The maximum absolute atomic E-state index is 5.88. The third-order valence-corrected chi connectivity index (χ3v) is 2.45. The highest BCUT2D eigenvalue weighted by molar-refractivity contribution is 5.85. The Labute approximate surface area is 112 Å². The van der Waals surface area contributed by atoms with Gasteiger partial charge in [0, 0.05) is 5.69 Å². The summed E-state index contributed by atoms with van der Waals surface area (Å²) >= 11 is 0. The highest BCUT2D eigenvalue weighted by atomic mass is 35.5. The van der Waals surface area contributed by atoms with Crippen molar-refractivity contribution in [3.05, 3.63) is 42.5 Å². The zero-order chi connectivity index (χ0) is 12.3. The molecular formula is C13H16ClN3O. The molecule has 5 heteroatoms. The summed E-state index contributed by atoms with van der Waals surface area (Å²) in [5.41, 5.74) is 14.5. The molecule has 0 saturated carbocycles. The van der Waals surface area contributed by atoms with Gasteiger partial charge in [0.2, 0.25) is 0 Å². The molecule has 0 aromatic heterocycles. The van der Waals surface area contributed by atoms with Gasteiger partial charge in [0.15, 0.2) is 0 Å². The maximum atomic E-state index is 5.88. The first-order chi connectivity index (χ1) is 8.20. The molecular weight excluding hydrogens is 250 g/mol. The van der Waals surface area contributed by atoms with E-state index in [1.807, 2.05) is 30.3 Å². The summed E-state index contributed by atoms with van der Waals surface area (Å²) < 4.78 is 5.25. The smallest absolute Gasteiger partial charge is 0.142 e. The first-order valence-corrected chi connectivity index (χ1v) is 5.26. The van der Waals surface area contributed by atoms with Crippen LogP contribution in [0.3, 0.4) is 0 Å². The lowest BCUT2D eigenvalue weighted by Crippen LogP contribution is -1.99.